The van der Waals surface area contributed by atoms with Gasteiger partial charge in [0.15, 0.2) is 5.82 Å². The predicted molar refractivity (Wildman–Crippen MR) is 86.3 cm³/mol. The normalized spacial score (nSPS) is 10.5. The Morgan fingerprint density at radius 1 is 1.09 bits per heavy atom. The molecule has 1 heterocycles. The van der Waals surface area contributed by atoms with Gasteiger partial charge in [-0.05, 0) is 59.0 Å². The fraction of sp³-hybridized carbons (Fsp3) is 0.0667. The summed E-state index contributed by atoms with van der Waals surface area (Å²) in [6, 6.07) is 14.6. The molecule has 2 aromatic carbocycles. The Kier molecular flexibility index (Phi) is 3.97. The third-order valence-electron chi connectivity index (χ3n) is 3.13. The number of halogens is 1. The average Bonchev–Trinajstić information content (AvgIpc) is 2.95. The van der Waals surface area contributed by atoms with E-state index in [0.717, 1.165) is 10.0 Å². The number of tetrazole rings is 1. The summed E-state index contributed by atoms with van der Waals surface area (Å²) in [5.74, 6) is 0.520. The lowest BCUT2D eigenvalue weighted by Crippen LogP contribution is -2.11. The molecule has 1 N–H and O–H groups in total. The molecule has 0 radical (unpaired) electrons. The molecule has 1 amide bonds. The van der Waals surface area contributed by atoms with Gasteiger partial charge >= 0.3 is 0 Å². The second kappa shape index (κ2) is 6.07. The molecule has 0 atom stereocenters. The van der Waals surface area contributed by atoms with Crippen molar-refractivity contribution < 1.29 is 4.79 Å². The van der Waals surface area contributed by atoms with Gasteiger partial charge in [-0.1, -0.05) is 15.9 Å². The van der Waals surface area contributed by atoms with E-state index in [0.29, 0.717) is 17.1 Å². The maximum atomic E-state index is 12.1. The summed E-state index contributed by atoms with van der Waals surface area (Å²) in [6.45, 7) is 0. The highest BCUT2D eigenvalue weighted by Crippen LogP contribution is 2.19. The van der Waals surface area contributed by atoms with Gasteiger partial charge in [0.1, 0.15) is 0 Å². The molecule has 3 aromatic rings. The van der Waals surface area contributed by atoms with Gasteiger partial charge in [-0.25, -0.2) is 4.68 Å². The van der Waals surface area contributed by atoms with Gasteiger partial charge in [-0.2, -0.15) is 0 Å². The Morgan fingerprint density at radius 3 is 2.36 bits per heavy atom. The Bertz CT molecular complexity index is 796. The third-order valence-corrected chi connectivity index (χ3v) is 3.66. The van der Waals surface area contributed by atoms with Gasteiger partial charge in [-0.3, -0.25) is 4.79 Å². The predicted octanol–water partition coefficient (Wildman–Crippen LogP) is 2.89. The van der Waals surface area contributed by atoms with Gasteiger partial charge in [-0.15, -0.1) is 5.10 Å². The van der Waals surface area contributed by atoms with E-state index in [2.05, 4.69) is 36.8 Å². The number of benzene rings is 2. The summed E-state index contributed by atoms with van der Waals surface area (Å²) in [6.07, 6.45) is 0. The molecule has 0 aliphatic carbocycles. The molecule has 3 rings (SSSR count). The molecule has 110 valence electrons. The van der Waals surface area contributed by atoms with E-state index >= 15 is 0 Å². The molecule has 0 spiro atoms. The lowest BCUT2D eigenvalue weighted by molar-refractivity contribution is 0.102. The van der Waals surface area contributed by atoms with Gasteiger partial charge in [0.25, 0.3) is 5.91 Å². The first kappa shape index (κ1) is 14.4. The van der Waals surface area contributed by atoms with Crippen molar-refractivity contribution in [1.82, 2.24) is 20.2 Å². The highest BCUT2D eigenvalue weighted by atomic mass is 79.9. The summed E-state index contributed by atoms with van der Waals surface area (Å²) in [4.78, 5) is 12.1. The van der Waals surface area contributed by atoms with Gasteiger partial charge in [0, 0.05) is 28.3 Å². The van der Waals surface area contributed by atoms with E-state index in [9.17, 15) is 4.79 Å². The van der Waals surface area contributed by atoms with Crippen LogP contribution in [0.2, 0.25) is 0 Å². The number of amides is 1. The molecule has 0 saturated heterocycles. The fourth-order valence-electron chi connectivity index (χ4n) is 1.98. The molecule has 0 aliphatic rings. The zero-order chi connectivity index (χ0) is 15.5. The monoisotopic (exact) mass is 357 g/mol. The quantitative estimate of drug-likeness (QED) is 0.782. The van der Waals surface area contributed by atoms with E-state index in [1.165, 1.54) is 0 Å². The SMILES string of the molecule is Cn1nnnc1-c1ccc(NC(=O)c2ccc(Br)cc2)cc1. The van der Waals surface area contributed by atoms with Crippen molar-refractivity contribution >= 4 is 27.5 Å². The number of nitrogens with zero attached hydrogens (tertiary/aromatic N) is 4. The molecule has 0 bridgehead atoms. The van der Waals surface area contributed by atoms with E-state index in [1.54, 1.807) is 23.9 Å². The number of carbonyl (C=O) groups is 1. The minimum atomic E-state index is -0.152. The van der Waals surface area contributed by atoms with Crippen LogP contribution in [-0.2, 0) is 7.05 Å². The number of carbonyl (C=O) groups excluding carboxylic acids is 1. The molecule has 22 heavy (non-hydrogen) atoms. The number of aryl methyl sites for hydroxylation is 1. The van der Waals surface area contributed by atoms with Crippen molar-refractivity contribution in [2.45, 2.75) is 0 Å². The smallest absolute Gasteiger partial charge is 0.255 e. The molecule has 0 unspecified atom stereocenters. The first-order valence-electron chi connectivity index (χ1n) is 6.53. The Balaban J connectivity index is 1.75. The van der Waals surface area contributed by atoms with Crippen LogP contribution in [-0.4, -0.2) is 26.1 Å². The van der Waals surface area contributed by atoms with Crippen molar-refractivity contribution in [3.05, 3.63) is 58.6 Å². The maximum Gasteiger partial charge on any atom is 0.255 e. The summed E-state index contributed by atoms with van der Waals surface area (Å²) in [5.41, 5.74) is 2.20. The summed E-state index contributed by atoms with van der Waals surface area (Å²) in [5, 5.41) is 14.2. The second-order valence-electron chi connectivity index (χ2n) is 4.66. The Labute approximate surface area is 135 Å². The van der Waals surface area contributed by atoms with Crippen molar-refractivity contribution in [3.63, 3.8) is 0 Å². The summed E-state index contributed by atoms with van der Waals surface area (Å²) in [7, 11) is 1.78. The zero-order valence-electron chi connectivity index (χ0n) is 11.7. The standard InChI is InChI=1S/C15H12BrN5O/c1-21-14(18-19-20-21)10-4-8-13(9-5-10)17-15(22)11-2-6-12(16)7-3-11/h2-9H,1H3,(H,17,22). The Hall–Kier alpha value is -2.54. The number of hydrogen-bond donors (Lipinski definition) is 1. The second-order valence-corrected chi connectivity index (χ2v) is 5.58. The Morgan fingerprint density at radius 2 is 1.77 bits per heavy atom. The lowest BCUT2D eigenvalue weighted by atomic mass is 10.1. The van der Waals surface area contributed by atoms with Crippen molar-refractivity contribution in [2.24, 2.45) is 7.05 Å². The summed E-state index contributed by atoms with van der Waals surface area (Å²) >= 11 is 3.34. The van der Waals surface area contributed by atoms with Crippen molar-refractivity contribution in [3.8, 4) is 11.4 Å². The number of hydrogen-bond acceptors (Lipinski definition) is 4. The number of rotatable bonds is 3. The first-order chi connectivity index (χ1) is 10.6. The van der Waals surface area contributed by atoms with Crippen LogP contribution in [0.25, 0.3) is 11.4 Å². The van der Waals surface area contributed by atoms with Crippen LogP contribution in [0.5, 0.6) is 0 Å². The van der Waals surface area contributed by atoms with Gasteiger partial charge in [0.05, 0.1) is 0 Å². The average molecular weight is 358 g/mol. The minimum absolute atomic E-state index is 0.152. The fourth-order valence-corrected chi connectivity index (χ4v) is 2.25. The van der Waals surface area contributed by atoms with Gasteiger partial charge in [0.2, 0.25) is 0 Å². The van der Waals surface area contributed by atoms with E-state index in [1.807, 2.05) is 36.4 Å². The van der Waals surface area contributed by atoms with Crippen LogP contribution < -0.4 is 5.32 Å². The number of anilines is 1. The first-order valence-corrected chi connectivity index (χ1v) is 7.32. The largest absolute Gasteiger partial charge is 0.322 e. The number of nitrogens with one attached hydrogen (secondary N) is 1. The lowest BCUT2D eigenvalue weighted by Gasteiger charge is -2.06. The molecule has 0 aliphatic heterocycles. The van der Waals surface area contributed by atoms with Crippen molar-refractivity contribution in [2.75, 3.05) is 5.32 Å². The molecule has 6 nitrogen and oxygen atoms in total. The summed E-state index contributed by atoms with van der Waals surface area (Å²) < 4.78 is 2.53. The van der Waals surface area contributed by atoms with Crippen LogP contribution in [0.3, 0.4) is 0 Å². The van der Waals surface area contributed by atoms with E-state index < -0.39 is 0 Å². The molecule has 7 heteroatoms. The van der Waals surface area contributed by atoms with E-state index in [4.69, 9.17) is 0 Å². The molecule has 0 fully saturated rings. The highest BCUT2D eigenvalue weighted by molar-refractivity contribution is 9.10. The van der Waals surface area contributed by atoms with E-state index in [-0.39, 0.29) is 5.91 Å². The van der Waals surface area contributed by atoms with Gasteiger partial charge < -0.3 is 5.32 Å². The molecule has 0 saturated carbocycles. The van der Waals surface area contributed by atoms with Crippen LogP contribution in [0.4, 0.5) is 5.69 Å². The molecular weight excluding hydrogens is 346 g/mol. The van der Waals surface area contributed by atoms with Crippen molar-refractivity contribution in [1.29, 1.82) is 0 Å². The van der Waals surface area contributed by atoms with Crippen LogP contribution >= 0.6 is 15.9 Å². The molecule has 1 aromatic heterocycles. The van der Waals surface area contributed by atoms with Crippen LogP contribution in [0, 0.1) is 0 Å². The topological polar surface area (TPSA) is 72.7 Å². The van der Waals surface area contributed by atoms with Crippen LogP contribution in [0.15, 0.2) is 53.0 Å². The molecular formula is C15H12BrN5O. The number of aromatic nitrogens is 4. The third kappa shape index (κ3) is 3.04. The zero-order valence-corrected chi connectivity index (χ0v) is 13.3. The highest BCUT2D eigenvalue weighted by Gasteiger charge is 2.08. The maximum absolute atomic E-state index is 12.1. The van der Waals surface area contributed by atoms with Crippen LogP contribution in [0.1, 0.15) is 10.4 Å². The minimum Gasteiger partial charge on any atom is -0.322 e.